The van der Waals surface area contributed by atoms with Crippen LogP contribution in [0.4, 0.5) is 13.2 Å². The largest absolute Gasteiger partial charge is 0.494 e. The van der Waals surface area contributed by atoms with Crippen LogP contribution in [0.5, 0.6) is 5.75 Å². The second kappa shape index (κ2) is 10.0. The van der Waals surface area contributed by atoms with Gasteiger partial charge in [0.15, 0.2) is 0 Å². The van der Waals surface area contributed by atoms with Crippen molar-refractivity contribution in [1.29, 1.82) is 0 Å². The third-order valence-electron chi connectivity index (χ3n) is 4.22. The SMILES string of the molecule is CCCCCC1COC(c2ccc(OCCCC(F)(F)F)cc2)CO1. The van der Waals surface area contributed by atoms with E-state index < -0.39 is 12.6 Å². The first-order chi connectivity index (χ1) is 12.0. The predicted molar refractivity (Wildman–Crippen MR) is 89.8 cm³/mol. The van der Waals surface area contributed by atoms with E-state index in [1.54, 1.807) is 12.1 Å². The van der Waals surface area contributed by atoms with Crippen LogP contribution in [0, 0.1) is 0 Å². The third kappa shape index (κ3) is 7.65. The van der Waals surface area contributed by atoms with E-state index in [0.717, 1.165) is 18.4 Å². The molecule has 0 radical (unpaired) electrons. The Labute approximate surface area is 147 Å². The second-order valence-electron chi connectivity index (χ2n) is 6.41. The number of hydrogen-bond acceptors (Lipinski definition) is 3. The van der Waals surface area contributed by atoms with Crippen LogP contribution in [0.15, 0.2) is 24.3 Å². The Hall–Kier alpha value is -1.27. The Morgan fingerprint density at radius 3 is 2.40 bits per heavy atom. The van der Waals surface area contributed by atoms with Crippen LogP contribution in [0.25, 0.3) is 0 Å². The van der Waals surface area contributed by atoms with Gasteiger partial charge < -0.3 is 14.2 Å². The molecule has 1 aliphatic rings. The van der Waals surface area contributed by atoms with Crippen LogP contribution in [0.3, 0.4) is 0 Å². The summed E-state index contributed by atoms with van der Waals surface area (Å²) in [6.07, 6.45) is -0.294. The van der Waals surface area contributed by atoms with Gasteiger partial charge >= 0.3 is 6.18 Å². The molecule has 0 N–H and O–H groups in total. The highest BCUT2D eigenvalue weighted by atomic mass is 19.4. The van der Waals surface area contributed by atoms with E-state index in [4.69, 9.17) is 14.2 Å². The normalized spacial score (nSPS) is 21.3. The van der Waals surface area contributed by atoms with Gasteiger partial charge in [-0.1, -0.05) is 38.3 Å². The van der Waals surface area contributed by atoms with Crippen LogP contribution in [-0.2, 0) is 9.47 Å². The van der Waals surface area contributed by atoms with Gasteiger partial charge in [-0.2, -0.15) is 13.2 Å². The van der Waals surface area contributed by atoms with Crippen molar-refractivity contribution in [3.05, 3.63) is 29.8 Å². The lowest BCUT2D eigenvalue weighted by Gasteiger charge is -2.30. The van der Waals surface area contributed by atoms with Crippen molar-refractivity contribution in [2.45, 2.75) is 63.8 Å². The number of benzene rings is 1. The summed E-state index contributed by atoms with van der Waals surface area (Å²) >= 11 is 0. The zero-order valence-corrected chi connectivity index (χ0v) is 14.7. The molecule has 0 amide bonds. The van der Waals surface area contributed by atoms with E-state index in [2.05, 4.69) is 6.92 Å². The standard InChI is InChI=1S/C19H27F3O3/c1-2-3-4-6-17-13-25-18(14-24-17)15-7-9-16(10-8-15)23-12-5-11-19(20,21)22/h7-10,17-18H,2-6,11-14H2,1H3. The molecule has 0 saturated carbocycles. The molecular formula is C19H27F3O3. The summed E-state index contributed by atoms with van der Waals surface area (Å²) < 4.78 is 53.3. The van der Waals surface area contributed by atoms with Gasteiger partial charge in [0.1, 0.15) is 11.9 Å². The van der Waals surface area contributed by atoms with Crippen LogP contribution in [-0.4, -0.2) is 32.1 Å². The molecule has 0 spiro atoms. The van der Waals surface area contributed by atoms with E-state index in [1.807, 2.05) is 12.1 Å². The fourth-order valence-electron chi connectivity index (χ4n) is 2.77. The van der Waals surface area contributed by atoms with Gasteiger partial charge in [-0.05, 0) is 30.5 Å². The summed E-state index contributed by atoms with van der Waals surface area (Å²) in [5, 5.41) is 0. The molecule has 0 aliphatic carbocycles. The van der Waals surface area contributed by atoms with E-state index in [1.165, 1.54) is 12.8 Å². The Morgan fingerprint density at radius 2 is 1.80 bits per heavy atom. The van der Waals surface area contributed by atoms with Crippen molar-refractivity contribution < 1.29 is 27.4 Å². The number of halogens is 3. The highest BCUT2D eigenvalue weighted by molar-refractivity contribution is 5.28. The van der Waals surface area contributed by atoms with Gasteiger partial charge in [-0.25, -0.2) is 0 Å². The molecule has 6 heteroatoms. The molecule has 1 heterocycles. The predicted octanol–water partition coefficient (Wildman–Crippen LogP) is 5.44. The summed E-state index contributed by atoms with van der Waals surface area (Å²) in [4.78, 5) is 0. The molecule has 0 aromatic heterocycles. The van der Waals surface area contributed by atoms with Crippen LogP contribution in [0.2, 0.25) is 0 Å². The fraction of sp³-hybridized carbons (Fsp3) is 0.684. The van der Waals surface area contributed by atoms with E-state index in [-0.39, 0.29) is 25.2 Å². The lowest BCUT2D eigenvalue weighted by atomic mass is 10.1. The molecule has 1 aliphatic heterocycles. The number of ether oxygens (including phenoxy) is 3. The minimum Gasteiger partial charge on any atom is -0.494 e. The highest BCUT2D eigenvalue weighted by Gasteiger charge is 2.26. The average molecular weight is 360 g/mol. The Balaban J connectivity index is 1.70. The topological polar surface area (TPSA) is 27.7 Å². The Kier molecular flexibility index (Phi) is 8.03. The van der Waals surface area contributed by atoms with Crippen molar-refractivity contribution in [3.8, 4) is 5.75 Å². The average Bonchev–Trinajstić information content (AvgIpc) is 2.59. The Morgan fingerprint density at radius 1 is 1.04 bits per heavy atom. The van der Waals surface area contributed by atoms with Crippen molar-refractivity contribution in [3.63, 3.8) is 0 Å². The van der Waals surface area contributed by atoms with Gasteiger partial charge in [0.05, 0.1) is 25.9 Å². The highest BCUT2D eigenvalue weighted by Crippen LogP contribution is 2.26. The van der Waals surface area contributed by atoms with Crippen LogP contribution in [0.1, 0.15) is 57.1 Å². The number of unbranched alkanes of at least 4 members (excludes halogenated alkanes) is 2. The molecule has 2 rings (SSSR count). The minimum atomic E-state index is -4.13. The molecule has 0 bridgehead atoms. The molecule has 3 nitrogen and oxygen atoms in total. The molecule has 1 aromatic carbocycles. The van der Waals surface area contributed by atoms with E-state index in [9.17, 15) is 13.2 Å². The number of hydrogen-bond donors (Lipinski definition) is 0. The fourth-order valence-corrected chi connectivity index (χ4v) is 2.77. The van der Waals surface area contributed by atoms with E-state index >= 15 is 0 Å². The van der Waals surface area contributed by atoms with Crippen molar-refractivity contribution >= 4 is 0 Å². The molecule has 1 aromatic rings. The second-order valence-corrected chi connectivity index (χ2v) is 6.41. The summed E-state index contributed by atoms with van der Waals surface area (Å²) in [6.45, 7) is 3.37. The quantitative estimate of drug-likeness (QED) is 0.549. The van der Waals surface area contributed by atoms with Crippen molar-refractivity contribution in [2.75, 3.05) is 19.8 Å². The van der Waals surface area contributed by atoms with Crippen LogP contribution < -0.4 is 4.74 Å². The molecule has 2 atom stereocenters. The monoisotopic (exact) mass is 360 g/mol. The van der Waals surface area contributed by atoms with Gasteiger partial charge in [-0.15, -0.1) is 0 Å². The summed E-state index contributed by atoms with van der Waals surface area (Å²) in [5.41, 5.74) is 0.995. The van der Waals surface area contributed by atoms with Crippen LogP contribution >= 0.6 is 0 Å². The minimum absolute atomic E-state index is 0.0375. The molecule has 1 fully saturated rings. The number of rotatable bonds is 9. The maximum Gasteiger partial charge on any atom is 0.389 e. The molecule has 1 saturated heterocycles. The zero-order chi connectivity index (χ0) is 18.1. The van der Waals surface area contributed by atoms with Gasteiger partial charge in [0.2, 0.25) is 0 Å². The lowest BCUT2D eigenvalue weighted by molar-refractivity contribution is -0.137. The van der Waals surface area contributed by atoms with Gasteiger partial charge in [-0.3, -0.25) is 0 Å². The first-order valence-electron chi connectivity index (χ1n) is 9.00. The molecular weight excluding hydrogens is 333 g/mol. The smallest absolute Gasteiger partial charge is 0.389 e. The molecule has 142 valence electrons. The molecule has 2 unspecified atom stereocenters. The summed E-state index contributed by atoms with van der Waals surface area (Å²) in [6, 6.07) is 7.29. The van der Waals surface area contributed by atoms with E-state index in [0.29, 0.717) is 19.0 Å². The molecule has 25 heavy (non-hydrogen) atoms. The lowest BCUT2D eigenvalue weighted by Crippen LogP contribution is -2.31. The number of alkyl halides is 3. The Bertz CT molecular complexity index is 480. The third-order valence-corrected chi connectivity index (χ3v) is 4.22. The summed E-state index contributed by atoms with van der Waals surface area (Å²) in [5.74, 6) is 0.570. The first kappa shape index (κ1) is 20.0. The van der Waals surface area contributed by atoms with Crippen molar-refractivity contribution in [1.82, 2.24) is 0 Å². The maximum absolute atomic E-state index is 12.1. The first-order valence-corrected chi connectivity index (χ1v) is 9.00. The van der Waals surface area contributed by atoms with Crippen molar-refractivity contribution in [2.24, 2.45) is 0 Å². The summed E-state index contributed by atoms with van der Waals surface area (Å²) in [7, 11) is 0. The van der Waals surface area contributed by atoms with Gasteiger partial charge in [0, 0.05) is 6.42 Å². The maximum atomic E-state index is 12.1. The zero-order valence-electron chi connectivity index (χ0n) is 14.7. The van der Waals surface area contributed by atoms with Gasteiger partial charge in [0.25, 0.3) is 0 Å².